The molecule has 0 radical (unpaired) electrons. The lowest BCUT2D eigenvalue weighted by Crippen LogP contribution is -2.67. The first kappa shape index (κ1) is 73.1. The number of benzene rings is 2. The quantitative estimate of drug-likeness (QED) is 0.0400. The summed E-state index contributed by atoms with van der Waals surface area (Å²) in [6.07, 6.45) is -16.8. The molecule has 3 aliphatic carbocycles. The molecule has 32 heteroatoms. The number of carbonyl (C=O) groups is 4. The zero-order valence-electron chi connectivity index (χ0n) is 54.8. The molecule has 0 bridgehead atoms. The van der Waals surface area contributed by atoms with Crippen LogP contribution in [0, 0.1) is 35.3 Å². The summed E-state index contributed by atoms with van der Waals surface area (Å²) in [5, 5.41) is 127. The standard InChI is InChI=1S/C66H92F2N10O20/c1-4-35-22-38(27-46(59(35)98-66-58(88)57(87)52(82)32(2)92-66)95-64-50(71-33(3)81)60(55(85)49(31-80)96-64)93-47(63(91)76-19-10-20-76)21-34-11-6-5-7-12-34)61(89)69-17-18-70-62(90)39-25-44(77-28-42(72-74-77)36-13-8-15-40(67)23-36)53(83)45(26-39)94-65-56(86)51(54(84)48(30-79)97-65)78-29-43(73-75-78)37-14-9-16-41(68)24-37/h8-9,13-16,23-24,28-29,32,34-35,38-39,44-60,64-66,79-80,82-88H,4-7,10-12,17-22,25-27,30-31H2,1-3H3,(H,69,89)(H,70,90)(H,71,81)/t32?,35?,38?,39?,44?,45-,46-,47+,48?,49?,50?,51?,52-,53?,54+,55+,56?,57?,58?,59?,60?,64-,65-,66+/m1/s1. The summed E-state index contributed by atoms with van der Waals surface area (Å²) in [6.45, 7) is 3.88. The number of ether oxygens (including phenoxy) is 7. The monoisotopic (exact) mass is 1380 g/mol. The Balaban J connectivity index is 0.803. The van der Waals surface area contributed by atoms with Gasteiger partial charge in [-0.1, -0.05) is 80.1 Å². The van der Waals surface area contributed by atoms with Gasteiger partial charge in [-0.25, -0.2) is 18.1 Å². The molecule has 6 heterocycles. The number of amides is 4. The molecule has 12 N–H and O–H groups in total. The van der Waals surface area contributed by atoms with Crippen molar-refractivity contribution < 1.29 is 107 Å². The van der Waals surface area contributed by atoms with Gasteiger partial charge in [0.05, 0.1) is 56.1 Å². The number of aliphatic hydroxyl groups excluding tert-OH is 9. The number of halogens is 2. The minimum Gasteiger partial charge on any atom is -0.394 e. The lowest BCUT2D eigenvalue weighted by Gasteiger charge is -2.49. The number of carbonyl (C=O) groups excluding carboxylic acids is 4. The Kier molecular flexibility index (Phi) is 24.3. The van der Waals surface area contributed by atoms with Crippen molar-refractivity contribution in [3.63, 3.8) is 0 Å². The summed E-state index contributed by atoms with van der Waals surface area (Å²) in [5.74, 6) is -5.19. The number of aliphatic hydroxyl groups is 9. The highest BCUT2D eigenvalue weighted by Crippen LogP contribution is 2.42. The maximum Gasteiger partial charge on any atom is 0.251 e. The molecule has 2 aromatic carbocycles. The Labute approximate surface area is 564 Å². The molecule has 4 amide bonds. The fraction of sp³-hybridized carbons (Fsp3) is 0.697. The molecule has 98 heavy (non-hydrogen) atoms. The minimum atomic E-state index is -1.75. The van der Waals surface area contributed by atoms with E-state index in [1.165, 1.54) is 67.3 Å². The van der Waals surface area contributed by atoms with Gasteiger partial charge in [0.15, 0.2) is 18.9 Å². The third-order valence-electron chi connectivity index (χ3n) is 20.5. The predicted octanol–water partition coefficient (Wildman–Crippen LogP) is -0.335. The summed E-state index contributed by atoms with van der Waals surface area (Å²) in [4.78, 5) is 58.2. The molecule has 4 saturated heterocycles. The van der Waals surface area contributed by atoms with E-state index in [2.05, 4.69) is 36.6 Å². The third-order valence-corrected chi connectivity index (χ3v) is 20.5. The Morgan fingerprint density at radius 1 is 0.643 bits per heavy atom. The van der Waals surface area contributed by atoms with Gasteiger partial charge < -0.3 is 100.0 Å². The average Bonchev–Trinajstić information content (AvgIpc) is 1.13. The van der Waals surface area contributed by atoms with Crippen molar-refractivity contribution in [2.75, 3.05) is 39.4 Å². The van der Waals surface area contributed by atoms with Crippen LogP contribution in [0.25, 0.3) is 22.5 Å². The fourth-order valence-electron chi connectivity index (χ4n) is 14.9. The fourth-order valence-corrected chi connectivity index (χ4v) is 14.9. The lowest BCUT2D eigenvalue weighted by molar-refractivity contribution is -0.338. The lowest BCUT2D eigenvalue weighted by atomic mass is 9.75. The van der Waals surface area contributed by atoms with Crippen LogP contribution < -0.4 is 16.0 Å². The Bertz CT molecular complexity index is 3310. The van der Waals surface area contributed by atoms with Gasteiger partial charge in [0.25, 0.3) is 5.91 Å². The molecule has 11 rings (SSSR count). The summed E-state index contributed by atoms with van der Waals surface area (Å²) in [6, 6.07) is 7.38. The summed E-state index contributed by atoms with van der Waals surface area (Å²) in [5.41, 5.74) is 1.15. The van der Waals surface area contributed by atoms with Gasteiger partial charge in [0.2, 0.25) is 17.7 Å². The Morgan fingerprint density at radius 2 is 1.22 bits per heavy atom. The van der Waals surface area contributed by atoms with Crippen LogP contribution in [0.5, 0.6) is 0 Å². The van der Waals surface area contributed by atoms with Crippen molar-refractivity contribution in [2.24, 2.45) is 23.7 Å². The number of nitrogens with one attached hydrogen (secondary N) is 3. The van der Waals surface area contributed by atoms with Gasteiger partial charge >= 0.3 is 0 Å². The van der Waals surface area contributed by atoms with Gasteiger partial charge in [0.1, 0.15) is 102 Å². The maximum absolute atomic E-state index is 14.6. The predicted molar refractivity (Wildman–Crippen MR) is 335 cm³/mol. The maximum atomic E-state index is 14.6. The van der Waals surface area contributed by atoms with E-state index >= 15 is 0 Å². The molecule has 540 valence electrons. The SMILES string of the molecule is CCC1CC(C(=O)NCCNC(=O)C2CC(n3cc(-c4cccc(F)c4)nn3)C(O)[C@H](O[C@@H]3OC(CO)[C@H](O)C(n4cc(-c5cccc(F)c5)nn4)C3O)C2)C[C@@H](O[C@@H]2OC(CO)[C@H](O)C(O[C@@H](CC3CCCCC3)C(=O)N3CCC3)C2NC(C)=O)C1O[C@@H]1OC(C)[C@@H](O)C(O)C1O. The molecule has 15 unspecified atom stereocenters. The normalized spacial score (nSPS) is 35.8. The number of hydrogen-bond acceptors (Lipinski definition) is 24. The van der Waals surface area contributed by atoms with Gasteiger partial charge in [-0.2, -0.15) is 0 Å². The van der Waals surface area contributed by atoms with Crippen LogP contribution in [0.2, 0.25) is 0 Å². The zero-order valence-corrected chi connectivity index (χ0v) is 54.8. The first-order chi connectivity index (χ1) is 47.1. The minimum absolute atomic E-state index is 0.0652. The second kappa shape index (κ2) is 32.6. The van der Waals surface area contributed by atoms with E-state index in [0.717, 1.165) is 43.2 Å². The summed E-state index contributed by atoms with van der Waals surface area (Å²) < 4.78 is 75.7. The van der Waals surface area contributed by atoms with Crippen molar-refractivity contribution in [2.45, 2.75) is 226 Å². The van der Waals surface area contributed by atoms with Crippen molar-refractivity contribution in [1.29, 1.82) is 0 Å². The van der Waals surface area contributed by atoms with E-state index in [4.69, 9.17) is 33.2 Å². The molecule has 30 nitrogen and oxygen atoms in total. The highest BCUT2D eigenvalue weighted by atomic mass is 19.1. The van der Waals surface area contributed by atoms with E-state index in [-0.39, 0.29) is 62.0 Å². The van der Waals surface area contributed by atoms with Crippen LogP contribution in [-0.4, -0.2) is 260 Å². The molecule has 3 saturated carbocycles. The Hall–Kier alpha value is -6.18. The van der Waals surface area contributed by atoms with Crippen molar-refractivity contribution in [3.8, 4) is 22.5 Å². The number of aromatic nitrogens is 6. The zero-order chi connectivity index (χ0) is 69.6. The number of hydrogen-bond donors (Lipinski definition) is 12. The van der Waals surface area contributed by atoms with Gasteiger partial charge in [-0.05, 0) is 81.5 Å². The van der Waals surface area contributed by atoms with E-state index in [1.807, 2.05) is 6.92 Å². The summed E-state index contributed by atoms with van der Waals surface area (Å²) >= 11 is 0. The van der Waals surface area contributed by atoms with Crippen LogP contribution in [0.1, 0.15) is 110 Å². The number of nitrogens with zero attached hydrogens (tertiary/aromatic N) is 7. The van der Waals surface area contributed by atoms with Crippen molar-refractivity contribution in [1.82, 2.24) is 50.8 Å². The smallest absolute Gasteiger partial charge is 0.251 e. The Morgan fingerprint density at radius 3 is 1.83 bits per heavy atom. The molecule has 7 aliphatic rings. The van der Waals surface area contributed by atoms with Crippen LogP contribution in [-0.2, 0) is 52.3 Å². The molecule has 4 aromatic rings. The van der Waals surface area contributed by atoms with Gasteiger partial charge in [0, 0.05) is 56.1 Å². The van der Waals surface area contributed by atoms with Gasteiger partial charge in [-0.3, -0.25) is 19.2 Å². The summed E-state index contributed by atoms with van der Waals surface area (Å²) in [7, 11) is 0. The average molecular weight is 1380 g/mol. The van der Waals surface area contributed by atoms with E-state index in [1.54, 1.807) is 17.0 Å². The van der Waals surface area contributed by atoms with E-state index < -0.39 is 189 Å². The molecular weight excluding hydrogens is 1290 g/mol. The molecule has 0 spiro atoms. The van der Waals surface area contributed by atoms with Crippen LogP contribution in [0.15, 0.2) is 60.9 Å². The molecule has 24 atom stereocenters. The first-order valence-electron chi connectivity index (χ1n) is 34.1. The molecule has 2 aromatic heterocycles. The van der Waals surface area contributed by atoms with E-state index in [9.17, 15) is 73.9 Å². The highest BCUT2D eigenvalue weighted by molar-refractivity contribution is 5.82. The molecular formula is C66H92F2N10O20. The number of rotatable bonds is 24. The molecule has 4 aliphatic heterocycles. The van der Waals surface area contributed by atoms with Crippen molar-refractivity contribution >= 4 is 23.6 Å². The molecule has 7 fully saturated rings. The number of likely N-dealkylation sites (tertiary alicyclic amines) is 1. The van der Waals surface area contributed by atoms with Crippen LogP contribution in [0.4, 0.5) is 8.78 Å². The van der Waals surface area contributed by atoms with E-state index in [0.29, 0.717) is 37.1 Å². The second-order valence-corrected chi connectivity index (χ2v) is 27.1. The topological polar surface area (TPSA) is 416 Å². The van der Waals surface area contributed by atoms with Crippen molar-refractivity contribution in [3.05, 3.63) is 72.6 Å². The second-order valence-electron chi connectivity index (χ2n) is 27.1. The van der Waals surface area contributed by atoms with Crippen LogP contribution >= 0.6 is 0 Å². The third kappa shape index (κ3) is 16.6. The van der Waals surface area contributed by atoms with Gasteiger partial charge in [-0.15, -0.1) is 10.2 Å². The first-order valence-corrected chi connectivity index (χ1v) is 34.1. The largest absolute Gasteiger partial charge is 0.394 e. The highest BCUT2D eigenvalue weighted by Gasteiger charge is 2.55. The van der Waals surface area contributed by atoms with Crippen LogP contribution in [0.3, 0.4) is 0 Å².